The van der Waals surface area contributed by atoms with Gasteiger partial charge in [0, 0.05) is 5.69 Å². The van der Waals surface area contributed by atoms with E-state index in [9.17, 15) is 0 Å². The molecule has 3 rings (SSSR count). The predicted octanol–water partition coefficient (Wildman–Crippen LogP) is 4.41. The molecule has 0 unspecified atom stereocenters. The van der Waals surface area contributed by atoms with Gasteiger partial charge < -0.3 is 5.73 Å². The van der Waals surface area contributed by atoms with Gasteiger partial charge >= 0.3 is 0 Å². The molecule has 0 saturated heterocycles. The van der Waals surface area contributed by atoms with E-state index in [1.54, 1.807) is 11.1 Å². The SMILES string of the molecule is Nc1ccc2c(c1)CCC1=C(CCCCC1)CC2. The average Bonchev–Trinajstić information content (AvgIpc) is 2.57. The van der Waals surface area contributed by atoms with Crippen molar-refractivity contribution in [1.29, 1.82) is 0 Å². The maximum atomic E-state index is 5.92. The summed E-state index contributed by atoms with van der Waals surface area (Å²) in [6.07, 6.45) is 11.9. The molecule has 0 heterocycles. The highest BCUT2D eigenvalue weighted by Gasteiger charge is 2.15. The van der Waals surface area contributed by atoms with Crippen LogP contribution in [0.25, 0.3) is 0 Å². The van der Waals surface area contributed by atoms with E-state index in [4.69, 9.17) is 5.73 Å². The first-order valence-electron chi connectivity index (χ1n) is 7.40. The minimum atomic E-state index is 0.921. The highest BCUT2D eigenvalue weighted by Crippen LogP contribution is 2.33. The van der Waals surface area contributed by atoms with Crippen LogP contribution in [0.4, 0.5) is 5.69 Å². The van der Waals surface area contributed by atoms with Crippen molar-refractivity contribution in [1.82, 2.24) is 0 Å². The van der Waals surface area contributed by atoms with Crippen LogP contribution in [0.15, 0.2) is 29.3 Å². The summed E-state index contributed by atoms with van der Waals surface area (Å²) in [6, 6.07) is 6.49. The molecule has 1 aromatic rings. The maximum absolute atomic E-state index is 5.92. The van der Waals surface area contributed by atoms with E-state index in [1.807, 2.05) is 0 Å². The zero-order valence-corrected chi connectivity index (χ0v) is 11.2. The number of benzene rings is 1. The third kappa shape index (κ3) is 2.45. The highest BCUT2D eigenvalue weighted by atomic mass is 14.5. The number of hydrogen-bond donors (Lipinski definition) is 1. The van der Waals surface area contributed by atoms with Gasteiger partial charge in [-0.25, -0.2) is 0 Å². The standard InChI is InChI=1S/C17H23N/c18-17-11-10-15-7-6-13-4-2-1-3-5-14(13)8-9-16(15)12-17/h10-12H,1-9,18H2. The van der Waals surface area contributed by atoms with Gasteiger partial charge in [0.2, 0.25) is 0 Å². The lowest BCUT2D eigenvalue weighted by molar-refractivity contribution is 0.697. The Labute approximate surface area is 110 Å². The van der Waals surface area contributed by atoms with Gasteiger partial charge in [-0.3, -0.25) is 0 Å². The zero-order chi connectivity index (χ0) is 12.4. The van der Waals surface area contributed by atoms with Crippen LogP contribution in [0.3, 0.4) is 0 Å². The molecule has 1 aromatic carbocycles. The van der Waals surface area contributed by atoms with Gasteiger partial charge in [-0.15, -0.1) is 0 Å². The topological polar surface area (TPSA) is 26.0 Å². The van der Waals surface area contributed by atoms with Crippen LogP contribution in [0.5, 0.6) is 0 Å². The molecule has 0 saturated carbocycles. The Hall–Kier alpha value is -1.24. The van der Waals surface area contributed by atoms with Crippen LogP contribution in [-0.2, 0) is 12.8 Å². The fraction of sp³-hybridized carbons (Fsp3) is 0.529. The summed E-state index contributed by atoms with van der Waals surface area (Å²) >= 11 is 0. The summed E-state index contributed by atoms with van der Waals surface area (Å²) in [7, 11) is 0. The van der Waals surface area contributed by atoms with Gasteiger partial charge in [-0.1, -0.05) is 23.6 Å². The molecule has 0 amide bonds. The molecule has 0 aliphatic heterocycles. The summed E-state index contributed by atoms with van der Waals surface area (Å²) in [5.41, 5.74) is 13.4. The fourth-order valence-electron chi connectivity index (χ4n) is 3.50. The van der Waals surface area contributed by atoms with Crippen molar-refractivity contribution in [3.63, 3.8) is 0 Å². The molecule has 2 N–H and O–H groups in total. The third-order valence-electron chi connectivity index (χ3n) is 4.58. The van der Waals surface area contributed by atoms with Crippen LogP contribution in [0.2, 0.25) is 0 Å². The Morgan fingerprint density at radius 1 is 0.667 bits per heavy atom. The first kappa shape index (κ1) is 11.8. The van der Waals surface area contributed by atoms with Gasteiger partial charge in [-0.05, 0) is 74.6 Å². The van der Waals surface area contributed by atoms with Crippen molar-refractivity contribution in [3.8, 4) is 0 Å². The highest BCUT2D eigenvalue weighted by molar-refractivity contribution is 5.45. The molecule has 96 valence electrons. The molecule has 18 heavy (non-hydrogen) atoms. The van der Waals surface area contributed by atoms with Crippen molar-refractivity contribution in [3.05, 3.63) is 40.5 Å². The van der Waals surface area contributed by atoms with E-state index in [-0.39, 0.29) is 0 Å². The predicted molar refractivity (Wildman–Crippen MR) is 77.6 cm³/mol. The Morgan fingerprint density at radius 3 is 2.06 bits per heavy atom. The Bertz CT molecular complexity index is 470. The number of anilines is 1. The minimum Gasteiger partial charge on any atom is -0.399 e. The number of allylic oxidation sites excluding steroid dienone is 2. The van der Waals surface area contributed by atoms with E-state index in [2.05, 4.69) is 18.2 Å². The monoisotopic (exact) mass is 241 g/mol. The maximum Gasteiger partial charge on any atom is 0.0316 e. The quantitative estimate of drug-likeness (QED) is 0.528. The van der Waals surface area contributed by atoms with Gasteiger partial charge in [0.05, 0.1) is 0 Å². The second-order valence-corrected chi connectivity index (χ2v) is 5.80. The number of nitrogens with two attached hydrogens (primary N) is 1. The summed E-state index contributed by atoms with van der Waals surface area (Å²) in [6.45, 7) is 0. The summed E-state index contributed by atoms with van der Waals surface area (Å²) in [5, 5.41) is 0. The number of aryl methyl sites for hydroxylation is 2. The average molecular weight is 241 g/mol. The van der Waals surface area contributed by atoms with E-state index in [1.165, 1.54) is 68.9 Å². The molecule has 0 radical (unpaired) electrons. The molecule has 2 aliphatic rings. The molecule has 1 nitrogen and oxygen atoms in total. The molecular weight excluding hydrogens is 218 g/mol. The Morgan fingerprint density at radius 2 is 1.33 bits per heavy atom. The molecule has 0 aromatic heterocycles. The Balaban J connectivity index is 1.86. The van der Waals surface area contributed by atoms with Crippen LogP contribution in [0, 0.1) is 0 Å². The zero-order valence-electron chi connectivity index (χ0n) is 11.2. The third-order valence-corrected chi connectivity index (χ3v) is 4.58. The van der Waals surface area contributed by atoms with Crippen LogP contribution in [-0.4, -0.2) is 0 Å². The van der Waals surface area contributed by atoms with Gasteiger partial charge in [0.25, 0.3) is 0 Å². The summed E-state index contributed by atoms with van der Waals surface area (Å²) < 4.78 is 0. The van der Waals surface area contributed by atoms with Crippen LogP contribution in [0.1, 0.15) is 56.1 Å². The molecule has 0 bridgehead atoms. The number of fused-ring (bicyclic) bond motifs is 1. The lowest BCUT2D eigenvalue weighted by Gasteiger charge is -2.19. The number of rotatable bonds is 0. The first-order valence-corrected chi connectivity index (χ1v) is 7.40. The summed E-state index contributed by atoms with van der Waals surface area (Å²) in [5.74, 6) is 0. The van der Waals surface area contributed by atoms with E-state index >= 15 is 0 Å². The van der Waals surface area contributed by atoms with Crippen LogP contribution >= 0.6 is 0 Å². The van der Waals surface area contributed by atoms with Crippen molar-refractivity contribution in [2.45, 2.75) is 57.8 Å². The van der Waals surface area contributed by atoms with Crippen molar-refractivity contribution in [2.75, 3.05) is 5.73 Å². The molecular formula is C17H23N. The molecule has 1 heteroatoms. The fourth-order valence-corrected chi connectivity index (χ4v) is 3.50. The smallest absolute Gasteiger partial charge is 0.0316 e. The van der Waals surface area contributed by atoms with E-state index in [0.29, 0.717) is 0 Å². The van der Waals surface area contributed by atoms with Crippen molar-refractivity contribution >= 4 is 5.69 Å². The van der Waals surface area contributed by atoms with Crippen molar-refractivity contribution in [2.24, 2.45) is 0 Å². The lowest BCUT2D eigenvalue weighted by atomic mass is 9.87. The molecule has 0 spiro atoms. The van der Waals surface area contributed by atoms with E-state index < -0.39 is 0 Å². The first-order chi connectivity index (χ1) is 8.83. The number of hydrogen-bond acceptors (Lipinski definition) is 1. The minimum absolute atomic E-state index is 0.921. The van der Waals surface area contributed by atoms with Crippen LogP contribution < -0.4 is 5.73 Å². The number of nitrogen functional groups attached to an aromatic ring is 1. The molecule has 2 aliphatic carbocycles. The van der Waals surface area contributed by atoms with Crippen molar-refractivity contribution < 1.29 is 0 Å². The molecule has 0 fully saturated rings. The second-order valence-electron chi connectivity index (χ2n) is 5.80. The lowest BCUT2D eigenvalue weighted by Crippen LogP contribution is -2.04. The van der Waals surface area contributed by atoms with Gasteiger partial charge in [0.15, 0.2) is 0 Å². The van der Waals surface area contributed by atoms with E-state index in [0.717, 1.165) is 5.69 Å². The van der Waals surface area contributed by atoms with Gasteiger partial charge in [0.1, 0.15) is 0 Å². The van der Waals surface area contributed by atoms with Gasteiger partial charge in [-0.2, -0.15) is 0 Å². The largest absolute Gasteiger partial charge is 0.399 e. The Kier molecular flexibility index (Phi) is 3.40. The molecule has 0 atom stereocenters. The second kappa shape index (κ2) is 5.17. The summed E-state index contributed by atoms with van der Waals surface area (Å²) in [4.78, 5) is 0. The normalized spacial score (nSPS) is 20.4.